The number of thioether (sulfide) groups is 1. The fourth-order valence-corrected chi connectivity index (χ4v) is 4.00. The van der Waals surface area contributed by atoms with E-state index in [1.807, 2.05) is 24.3 Å². The molecule has 146 valence electrons. The summed E-state index contributed by atoms with van der Waals surface area (Å²) in [4.78, 5) is 16.3. The molecule has 0 saturated carbocycles. The summed E-state index contributed by atoms with van der Waals surface area (Å²) in [5.74, 6) is 1.08. The van der Waals surface area contributed by atoms with E-state index in [4.69, 9.17) is 9.47 Å². The average Bonchev–Trinajstić information content (AvgIpc) is 2.91. The Kier molecular flexibility index (Phi) is 5.53. The molecule has 0 radical (unpaired) electrons. The van der Waals surface area contributed by atoms with Crippen LogP contribution in [-0.2, 0) is 11.3 Å². The van der Waals surface area contributed by atoms with E-state index < -0.39 is 5.97 Å². The maximum atomic E-state index is 12.1. The zero-order valence-corrected chi connectivity index (χ0v) is 16.6. The van der Waals surface area contributed by atoms with Gasteiger partial charge >= 0.3 is 5.97 Å². The lowest BCUT2D eigenvalue weighted by molar-refractivity contribution is 0.0600. The second-order valence-electron chi connectivity index (χ2n) is 6.40. The first-order valence-electron chi connectivity index (χ1n) is 9.08. The zero-order valence-electron chi connectivity index (χ0n) is 15.8. The molecule has 0 amide bonds. The van der Waals surface area contributed by atoms with Crippen LogP contribution < -0.4 is 4.74 Å². The summed E-state index contributed by atoms with van der Waals surface area (Å²) in [5.41, 5.74) is 4.40. The van der Waals surface area contributed by atoms with Crippen molar-refractivity contribution in [2.75, 3.05) is 12.9 Å². The number of ether oxygens (including phenoxy) is 2. The van der Waals surface area contributed by atoms with Gasteiger partial charge in [-0.3, -0.25) is 0 Å². The molecular weight excluding hydrogens is 386 g/mol. The highest BCUT2D eigenvalue weighted by molar-refractivity contribution is 7.99. The van der Waals surface area contributed by atoms with Crippen molar-refractivity contribution in [3.05, 3.63) is 89.1 Å². The van der Waals surface area contributed by atoms with Crippen LogP contribution in [0.15, 0.2) is 71.9 Å². The predicted molar refractivity (Wildman–Crippen MR) is 112 cm³/mol. The molecule has 1 aliphatic rings. The molecule has 0 spiro atoms. The number of aromatic nitrogens is 1. The Labute approximate surface area is 173 Å². The van der Waals surface area contributed by atoms with Crippen molar-refractivity contribution in [3.63, 3.8) is 0 Å². The van der Waals surface area contributed by atoms with E-state index in [-0.39, 0.29) is 5.75 Å². The lowest BCUT2D eigenvalue weighted by Crippen LogP contribution is -2.02. The van der Waals surface area contributed by atoms with E-state index >= 15 is 0 Å². The molecule has 0 atom stereocenters. The molecule has 2 aromatic carbocycles. The minimum Gasteiger partial charge on any atom is -0.505 e. The fraction of sp³-hybridized carbons (Fsp3) is 0.130. The van der Waals surface area contributed by atoms with Crippen molar-refractivity contribution in [1.29, 1.82) is 0 Å². The lowest BCUT2D eigenvalue weighted by Gasteiger charge is -2.12. The number of aromatic hydroxyl groups is 1. The number of fused-ring (bicyclic) bond motifs is 2. The normalized spacial score (nSPS) is 13.8. The van der Waals surface area contributed by atoms with Gasteiger partial charge in [-0.05, 0) is 47.0 Å². The fourth-order valence-electron chi connectivity index (χ4n) is 3.24. The molecule has 4 rings (SSSR count). The van der Waals surface area contributed by atoms with Crippen molar-refractivity contribution < 1.29 is 19.4 Å². The Balaban J connectivity index is 1.76. The van der Waals surface area contributed by atoms with Gasteiger partial charge in [0.05, 0.1) is 12.7 Å². The first kappa shape index (κ1) is 19.1. The summed E-state index contributed by atoms with van der Waals surface area (Å²) in [6, 6.07) is 16.7. The van der Waals surface area contributed by atoms with Gasteiger partial charge in [-0.2, -0.15) is 0 Å². The van der Waals surface area contributed by atoms with Gasteiger partial charge < -0.3 is 14.6 Å². The van der Waals surface area contributed by atoms with Crippen molar-refractivity contribution in [2.45, 2.75) is 11.6 Å². The second kappa shape index (κ2) is 8.41. The van der Waals surface area contributed by atoms with E-state index in [9.17, 15) is 9.90 Å². The maximum Gasteiger partial charge on any atom is 0.337 e. The summed E-state index contributed by atoms with van der Waals surface area (Å²) < 4.78 is 10.9. The molecule has 0 fully saturated rings. The number of benzene rings is 2. The van der Waals surface area contributed by atoms with Gasteiger partial charge in [0, 0.05) is 17.5 Å². The van der Waals surface area contributed by atoms with E-state index in [2.05, 4.69) is 11.1 Å². The highest BCUT2D eigenvalue weighted by Gasteiger charge is 2.21. The summed E-state index contributed by atoms with van der Waals surface area (Å²) in [5, 5.41) is 10.5. The summed E-state index contributed by atoms with van der Waals surface area (Å²) in [6.45, 7) is 0.451. The van der Waals surface area contributed by atoms with Crippen LogP contribution in [0.1, 0.15) is 27.0 Å². The Morgan fingerprint density at radius 2 is 2.07 bits per heavy atom. The number of carbonyl (C=O) groups is 1. The first-order chi connectivity index (χ1) is 14.2. The number of carbonyl (C=O) groups excluding carboxylic acids is 1. The first-order valence-corrected chi connectivity index (χ1v) is 10.1. The second-order valence-corrected chi connectivity index (χ2v) is 7.41. The monoisotopic (exact) mass is 405 g/mol. The van der Waals surface area contributed by atoms with Gasteiger partial charge in [0.1, 0.15) is 23.1 Å². The standard InChI is InChI=1S/C23H19NO4S/c1-27-23(26)15-8-9-21-19(13-15)18(17-6-3-2-5-16(17)14-28-21)10-12-29-22-20(25)7-4-11-24-22/h2-11,13,25H,12,14H2,1H3/b18-10+. The molecule has 1 N–H and O–H groups in total. The van der Waals surface area contributed by atoms with Crippen LogP contribution in [0, 0.1) is 0 Å². The summed E-state index contributed by atoms with van der Waals surface area (Å²) in [6.07, 6.45) is 3.73. The minimum atomic E-state index is -0.391. The summed E-state index contributed by atoms with van der Waals surface area (Å²) in [7, 11) is 1.37. The molecule has 0 bridgehead atoms. The number of hydrogen-bond acceptors (Lipinski definition) is 6. The average molecular weight is 405 g/mol. The third-order valence-electron chi connectivity index (χ3n) is 4.64. The van der Waals surface area contributed by atoms with Crippen LogP contribution in [0.4, 0.5) is 0 Å². The minimum absolute atomic E-state index is 0.161. The SMILES string of the molecule is COC(=O)c1ccc2c(c1)/C(=C/CSc1ncccc1O)c1ccccc1CO2. The van der Waals surface area contributed by atoms with Gasteiger partial charge in [-0.15, -0.1) is 0 Å². The topological polar surface area (TPSA) is 68.7 Å². The molecule has 2 heterocycles. The molecule has 1 aliphatic heterocycles. The highest BCUT2D eigenvalue weighted by atomic mass is 32.2. The number of pyridine rings is 1. The van der Waals surface area contributed by atoms with Gasteiger partial charge in [0.25, 0.3) is 0 Å². The number of hydrogen-bond donors (Lipinski definition) is 1. The molecule has 29 heavy (non-hydrogen) atoms. The van der Waals surface area contributed by atoms with Gasteiger partial charge in [-0.25, -0.2) is 9.78 Å². The molecule has 0 saturated heterocycles. The van der Waals surface area contributed by atoms with Crippen LogP contribution in [-0.4, -0.2) is 28.9 Å². The van der Waals surface area contributed by atoms with Crippen molar-refractivity contribution in [3.8, 4) is 11.5 Å². The van der Waals surface area contributed by atoms with E-state index in [0.29, 0.717) is 28.7 Å². The van der Waals surface area contributed by atoms with Crippen molar-refractivity contribution >= 4 is 23.3 Å². The quantitative estimate of drug-likeness (QED) is 0.502. The van der Waals surface area contributed by atoms with Crippen LogP contribution in [0.3, 0.4) is 0 Å². The van der Waals surface area contributed by atoms with Crippen molar-refractivity contribution in [2.24, 2.45) is 0 Å². The molecule has 6 heteroatoms. The molecule has 5 nitrogen and oxygen atoms in total. The highest BCUT2D eigenvalue weighted by Crippen LogP contribution is 2.38. The Hall–Kier alpha value is -3.25. The predicted octanol–water partition coefficient (Wildman–Crippen LogP) is 4.69. The van der Waals surface area contributed by atoms with Crippen molar-refractivity contribution in [1.82, 2.24) is 4.98 Å². The summed E-state index contributed by atoms with van der Waals surface area (Å²) >= 11 is 1.44. The Morgan fingerprint density at radius 3 is 2.90 bits per heavy atom. The molecule has 3 aromatic rings. The van der Waals surface area contributed by atoms with Gasteiger partial charge in [0.2, 0.25) is 0 Å². The third-order valence-corrected chi connectivity index (χ3v) is 5.56. The third kappa shape index (κ3) is 3.98. The van der Waals surface area contributed by atoms with Crippen LogP contribution >= 0.6 is 11.8 Å². The van der Waals surface area contributed by atoms with Crippen LogP contribution in [0.25, 0.3) is 5.57 Å². The zero-order chi connectivity index (χ0) is 20.2. The number of rotatable bonds is 4. The number of nitrogens with zero attached hydrogens (tertiary/aromatic N) is 1. The number of esters is 1. The maximum absolute atomic E-state index is 12.1. The molecule has 0 aliphatic carbocycles. The Bertz CT molecular complexity index is 1090. The van der Waals surface area contributed by atoms with Crippen LogP contribution in [0.5, 0.6) is 11.5 Å². The Morgan fingerprint density at radius 1 is 1.21 bits per heavy atom. The largest absolute Gasteiger partial charge is 0.505 e. The van der Waals surface area contributed by atoms with Crippen LogP contribution in [0.2, 0.25) is 0 Å². The van der Waals surface area contributed by atoms with Gasteiger partial charge in [0.15, 0.2) is 0 Å². The van der Waals surface area contributed by atoms with E-state index in [1.165, 1.54) is 18.9 Å². The van der Waals surface area contributed by atoms with Gasteiger partial charge in [-0.1, -0.05) is 42.1 Å². The molecular formula is C23H19NO4S. The molecule has 1 aromatic heterocycles. The van der Waals surface area contributed by atoms with E-state index in [1.54, 1.807) is 36.5 Å². The number of methoxy groups -OCH3 is 1. The lowest BCUT2D eigenvalue weighted by atomic mass is 9.93. The van der Waals surface area contributed by atoms with E-state index in [0.717, 1.165) is 22.3 Å². The smallest absolute Gasteiger partial charge is 0.337 e. The molecule has 0 unspecified atom stereocenters.